The van der Waals surface area contributed by atoms with E-state index in [1.54, 1.807) is 24.3 Å². The molecular weight excluding hydrogens is 222 g/mol. The minimum atomic E-state index is -0.995. The number of anilines is 2. The van der Waals surface area contributed by atoms with Crippen molar-refractivity contribution in [3.05, 3.63) is 24.3 Å². The summed E-state index contributed by atoms with van der Waals surface area (Å²) in [5.74, 6) is -1.24. The second kappa shape index (κ2) is 5.74. The standard InChI is InChI=1S/C11H15N3O3/c1-13-10(15)6-14(7-11(16)17)9-4-2-8(12)3-5-9/h2-5H,6-7,12H2,1H3,(H,13,15)(H,16,17). The minimum Gasteiger partial charge on any atom is -0.480 e. The van der Waals surface area contributed by atoms with Crippen LogP contribution < -0.4 is 16.0 Å². The maximum Gasteiger partial charge on any atom is 0.323 e. The maximum atomic E-state index is 11.3. The summed E-state index contributed by atoms with van der Waals surface area (Å²) in [6.07, 6.45) is 0. The summed E-state index contributed by atoms with van der Waals surface area (Å²) in [4.78, 5) is 23.5. The van der Waals surface area contributed by atoms with Crippen LogP contribution in [-0.2, 0) is 9.59 Å². The first kappa shape index (κ1) is 12.8. The summed E-state index contributed by atoms with van der Waals surface area (Å²) in [6.45, 7) is -0.246. The smallest absolute Gasteiger partial charge is 0.323 e. The first-order chi connectivity index (χ1) is 8.02. The molecule has 0 aliphatic heterocycles. The first-order valence-corrected chi connectivity index (χ1v) is 5.06. The molecule has 6 nitrogen and oxygen atoms in total. The van der Waals surface area contributed by atoms with Gasteiger partial charge in [-0.15, -0.1) is 0 Å². The lowest BCUT2D eigenvalue weighted by Gasteiger charge is -2.21. The van der Waals surface area contributed by atoms with Gasteiger partial charge in [-0.3, -0.25) is 9.59 Å². The molecule has 0 heterocycles. The molecule has 0 spiro atoms. The number of aliphatic carboxylic acids is 1. The maximum absolute atomic E-state index is 11.3. The van der Waals surface area contributed by atoms with E-state index in [1.165, 1.54) is 11.9 Å². The molecule has 0 radical (unpaired) electrons. The third-order valence-electron chi connectivity index (χ3n) is 2.20. The second-order valence-electron chi connectivity index (χ2n) is 3.51. The van der Waals surface area contributed by atoms with Crippen molar-refractivity contribution >= 4 is 23.3 Å². The number of nitrogens with two attached hydrogens (primary N) is 1. The van der Waals surface area contributed by atoms with Crippen molar-refractivity contribution in [1.82, 2.24) is 5.32 Å². The van der Waals surface area contributed by atoms with Crippen LogP contribution in [0, 0.1) is 0 Å². The Hall–Kier alpha value is -2.24. The zero-order valence-corrected chi connectivity index (χ0v) is 9.51. The van der Waals surface area contributed by atoms with E-state index in [4.69, 9.17) is 10.8 Å². The topological polar surface area (TPSA) is 95.7 Å². The number of carbonyl (C=O) groups excluding carboxylic acids is 1. The molecule has 0 atom stereocenters. The quantitative estimate of drug-likeness (QED) is 0.622. The van der Waals surface area contributed by atoms with E-state index in [0.717, 1.165) is 0 Å². The Morgan fingerprint density at radius 3 is 2.35 bits per heavy atom. The van der Waals surface area contributed by atoms with Crippen molar-refractivity contribution in [3.8, 4) is 0 Å². The highest BCUT2D eigenvalue weighted by Crippen LogP contribution is 2.15. The van der Waals surface area contributed by atoms with E-state index in [0.29, 0.717) is 11.4 Å². The Morgan fingerprint density at radius 1 is 1.29 bits per heavy atom. The van der Waals surface area contributed by atoms with Gasteiger partial charge in [0.2, 0.25) is 5.91 Å². The lowest BCUT2D eigenvalue weighted by atomic mass is 10.2. The molecule has 0 unspecified atom stereocenters. The van der Waals surface area contributed by atoms with Crippen LogP contribution in [0.5, 0.6) is 0 Å². The molecule has 1 aromatic rings. The number of hydrogen-bond donors (Lipinski definition) is 3. The molecule has 0 aromatic heterocycles. The molecule has 1 rings (SSSR count). The number of likely N-dealkylation sites (N-methyl/N-ethyl adjacent to an activating group) is 1. The molecule has 0 saturated heterocycles. The van der Waals surface area contributed by atoms with Gasteiger partial charge in [0.05, 0.1) is 6.54 Å². The number of rotatable bonds is 5. The zero-order chi connectivity index (χ0) is 12.8. The van der Waals surface area contributed by atoms with E-state index in [2.05, 4.69) is 5.32 Å². The Bertz CT molecular complexity index is 403. The van der Waals surface area contributed by atoms with Gasteiger partial charge in [-0.25, -0.2) is 0 Å². The van der Waals surface area contributed by atoms with Crippen LogP contribution in [0.2, 0.25) is 0 Å². The molecule has 92 valence electrons. The highest BCUT2D eigenvalue weighted by molar-refractivity contribution is 5.83. The largest absolute Gasteiger partial charge is 0.480 e. The Kier molecular flexibility index (Phi) is 4.33. The molecular formula is C11H15N3O3. The summed E-state index contributed by atoms with van der Waals surface area (Å²) >= 11 is 0. The van der Waals surface area contributed by atoms with E-state index < -0.39 is 5.97 Å². The van der Waals surface area contributed by atoms with Crippen LogP contribution in [0.3, 0.4) is 0 Å². The predicted octanol–water partition coefficient (Wildman–Crippen LogP) is -0.0942. The number of nitrogen functional groups attached to an aromatic ring is 1. The zero-order valence-electron chi connectivity index (χ0n) is 9.51. The third kappa shape index (κ3) is 4.02. The summed E-state index contributed by atoms with van der Waals surface area (Å²) in [5.41, 5.74) is 6.77. The van der Waals surface area contributed by atoms with Crippen LogP contribution in [0.1, 0.15) is 0 Å². The van der Waals surface area contributed by atoms with Crippen LogP contribution in [0.15, 0.2) is 24.3 Å². The van der Waals surface area contributed by atoms with Crippen LogP contribution in [0.4, 0.5) is 11.4 Å². The number of hydrogen-bond acceptors (Lipinski definition) is 4. The van der Waals surface area contributed by atoms with E-state index in [-0.39, 0.29) is 19.0 Å². The summed E-state index contributed by atoms with van der Waals surface area (Å²) in [6, 6.07) is 6.69. The van der Waals surface area contributed by atoms with Gasteiger partial charge in [-0.2, -0.15) is 0 Å². The third-order valence-corrected chi connectivity index (χ3v) is 2.20. The van der Waals surface area contributed by atoms with Crippen molar-refractivity contribution in [2.75, 3.05) is 30.8 Å². The average molecular weight is 237 g/mol. The predicted molar refractivity (Wildman–Crippen MR) is 64.8 cm³/mol. The number of nitrogens with zero attached hydrogens (tertiary/aromatic N) is 1. The van der Waals surface area contributed by atoms with Gasteiger partial charge in [0.1, 0.15) is 6.54 Å². The highest BCUT2D eigenvalue weighted by atomic mass is 16.4. The monoisotopic (exact) mass is 237 g/mol. The molecule has 6 heteroatoms. The SMILES string of the molecule is CNC(=O)CN(CC(=O)O)c1ccc(N)cc1. The van der Waals surface area contributed by atoms with E-state index in [1.807, 2.05) is 0 Å². The number of carboxylic acids is 1. The number of amides is 1. The van der Waals surface area contributed by atoms with Crippen LogP contribution in [0.25, 0.3) is 0 Å². The summed E-state index contributed by atoms with van der Waals surface area (Å²) < 4.78 is 0. The molecule has 0 saturated carbocycles. The van der Waals surface area contributed by atoms with Crippen LogP contribution in [-0.4, -0.2) is 37.1 Å². The number of benzene rings is 1. The molecule has 0 aliphatic rings. The number of nitrogens with one attached hydrogen (secondary N) is 1. The Labute approximate surface area is 99.0 Å². The highest BCUT2D eigenvalue weighted by Gasteiger charge is 2.13. The average Bonchev–Trinajstić information content (AvgIpc) is 2.28. The Balaban J connectivity index is 2.85. The normalized spacial score (nSPS) is 9.71. The Morgan fingerprint density at radius 2 is 1.88 bits per heavy atom. The van der Waals surface area contributed by atoms with Gasteiger partial charge in [-0.1, -0.05) is 0 Å². The fourth-order valence-electron chi connectivity index (χ4n) is 1.34. The van der Waals surface area contributed by atoms with Crippen molar-refractivity contribution < 1.29 is 14.7 Å². The van der Waals surface area contributed by atoms with E-state index >= 15 is 0 Å². The molecule has 4 N–H and O–H groups in total. The number of carboxylic acid groups (broad SMARTS) is 1. The molecule has 1 aromatic carbocycles. The van der Waals surface area contributed by atoms with Gasteiger partial charge in [-0.05, 0) is 24.3 Å². The van der Waals surface area contributed by atoms with Crippen LogP contribution >= 0.6 is 0 Å². The lowest BCUT2D eigenvalue weighted by molar-refractivity contribution is -0.135. The second-order valence-corrected chi connectivity index (χ2v) is 3.51. The number of carbonyl (C=O) groups is 2. The fraction of sp³-hybridized carbons (Fsp3) is 0.273. The molecule has 1 amide bonds. The van der Waals surface area contributed by atoms with Gasteiger partial charge in [0, 0.05) is 18.4 Å². The summed E-state index contributed by atoms with van der Waals surface area (Å²) in [7, 11) is 1.50. The van der Waals surface area contributed by atoms with Crippen molar-refractivity contribution in [3.63, 3.8) is 0 Å². The first-order valence-electron chi connectivity index (χ1n) is 5.06. The lowest BCUT2D eigenvalue weighted by Crippen LogP contribution is -2.38. The van der Waals surface area contributed by atoms with Gasteiger partial charge in [0.25, 0.3) is 0 Å². The fourth-order valence-corrected chi connectivity index (χ4v) is 1.34. The van der Waals surface area contributed by atoms with E-state index in [9.17, 15) is 9.59 Å². The summed E-state index contributed by atoms with van der Waals surface area (Å²) in [5, 5.41) is 11.2. The van der Waals surface area contributed by atoms with Gasteiger partial charge in [0.15, 0.2) is 0 Å². The van der Waals surface area contributed by atoms with Gasteiger partial charge < -0.3 is 21.1 Å². The molecule has 0 aliphatic carbocycles. The van der Waals surface area contributed by atoms with Crippen molar-refractivity contribution in [2.45, 2.75) is 0 Å². The van der Waals surface area contributed by atoms with Gasteiger partial charge >= 0.3 is 5.97 Å². The molecule has 0 fully saturated rings. The molecule has 0 bridgehead atoms. The molecule has 17 heavy (non-hydrogen) atoms. The van der Waals surface area contributed by atoms with Crippen molar-refractivity contribution in [2.24, 2.45) is 0 Å². The van der Waals surface area contributed by atoms with Crippen molar-refractivity contribution in [1.29, 1.82) is 0 Å². The minimum absolute atomic E-state index is 0.00722.